The minimum atomic E-state index is -1.03. The highest BCUT2D eigenvalue weighted by Crippen LogP contribution is 2.31. The number of halogens is 4. The zero-order valence-corrected chi connectivity index (χ0v) is 21.5. The summed E-state index contributed by atoms with van der Waals surface area (Å²) in [5, 5.41) is 0. The van der Waals surface area contributed by atoms with Crippen molar-refractivity contribution in [2.75, 3.05) is 6.61 Å². The third-order valence-corrected chi connectivity index (χ3v) is 6.47. The molecule has 0 aliphatic heterocycles. The van der Waals surface area contributed by atoms with Gasteiger partial charge in [0.2, 0.25) is 5.82 Å². The van der Waals surface area contributed by atoms with Crippen molar-refractivity contribution in [3.63, 3.8) is 0 Å². The third-order valence-electron chi connectivity index (χ3n) is 6.47. The molecule has 38 heavy (non-hydrogen) atoms. The topological polar surface area (TPSA) is 9.23 Å². The number of rotatable bonds is 10. The maximum atomic E-state index is 14.9. The Hall–Kier alpha value is -3.86. The molecule has 0 heterocycles. The van der Waals surface area contributed by atoms with E-state index in [9.17, 15) is 17.6 Å². The lowest BCUT2D eigenvalue weighted by molar-refractivity contribution is 0.314. The third kappa shape index (κ3) is 6.16. The molecule has 1 nitrogen and oxygen atoms in total. The molecule has 5 heteroatoms. The van der Waals surface area contributed by atoms with E-state index < -0.39 is 23.3 Å². The van der Waals surface area contributed by atoms with Crippen molar-refractivity contribution in [3.8, 4) is 28.0 Å². The Balaban J connectivity index is 1.49. The number of unbranched alkanes of at least 4 members (excludes halogenated alkanes) is 2. The van der Waals surface area contributed by atoms with Crippen LogP contribution in [0.1, 0.15) is 49.8 Å². The second-order valence-electron chi connectivity index (χ2n) is 9.11. The summed E-state index contributed by atoms with van der Waals surface area (Å²) in [6, 6.07) is 20.3. The van der Waals surface area contributed by atoms with Crippen LogP contribution in [0.3, 0.4) is 0 Å². The van der Waals surface area contributed by atoms with Crippen molar-refractivity contribution in [3.05, 3.63) is 113 Å². The Morgan fingerprint density at radius 3 is 1.84 bits per heavy atom. The molecule has 0 fully saturated rings. The smallest absolute Gasteiger partial charge is 0.201 e. The van der Waals surface area contributed by atoms with Gasteiger partial charge in [0.15, 0.2) is 23.2 Å². The second-order valence-corrected chi connectivity index (χ2v) is 9.11. The van der Waals surface area contributed by atoms with Gasteiger partial charge in [0.1, 0.15) is 0 Å². The van der Waals surface area contributed by atoms with Crippen LogP contribution < -0.4 is 4.74 Å². The fourth-order valence-corrected chi connectivity index (χ4v) is 4.33. The van der Waals surface area contributed by atoms with E-state index in [1.807, 2.05) is 24.3 Å². The van der Waals surface area contributed by atoms with Crippen LogP contribution in [0.15, 0.2) is 72.8 Å². The van der Waals surface area contributed by atoms with Gasteiger partial charge < -0.3 is 4.74 Å². The summed E-state index contributed by atoms with van der Waals surface area (Å²) in [6.07, 6.45) is 7.54. The highest BCUT2D eigenvalue weighted by atomic mass is 19.2. The summed E-state index contributed by atoms with van der Waals surface area (Å²) in [5.41, 5.74) is 3.44. The Labute approximate surface area is 221 Å². The summed E-state index contributed by atoms with van der Waals surface area (Å²) in [7, 11) is 0. The minimum Gasteiger partial charge on any atom is -0.491 e. The molecule has 0 aliphatic carbocycles. The van der Waals surface area contributed by atoms with Gasteiger partial charge in [-0.1, -0.05) is 92.6 Å². The predicted molar refractivity (Wildman–Crippen MR) is 147 cm³/mol. The van der Waals surface area contributed by atoms with E-state index in [4.69, 9.17) is 4.74 Å². The predicted octanol–water partition coefficient (Wildman–Crippen LogP) is 9.88. The van der Waals surface area contributed by atoms with Crippen LogP contribution in [0.4, 0.5) is 17.6 Å². The zero-order valence-electron chi connectivity index (χ0n) is 21.5. The van der Waals surface area contributed by atoms with E-state index in [0.717, 1.165) is 19.3 Å². The van der Waals surface area contributed by atoms with Gasteiger partial charge in [-0.25, -0.2) is 13.2 Å². The minimum absolute atomic E-state index is 0.110. The second kappa shape index (κ2) is 12.6. The fourth-order valence-electron chi connectivity index (χ4n) is 4.33. The van der Waals surface area contributed by atoms with E-state index in [2.05, 4.69) is 6.92 Å². The first-order valence-corrected chi connectivity index (χ1v) is 12.9. The first-order valence-electron chi connectivity index (χ1n) is 12.9. The van der Waals surface area contributed by atoms with Crippen LogP contribution in [-0.2, 0) is 6.42 Å². The Morgan fingerprint density at radius 2 is 1.21 bits per heavy atom. The Kier molecular flexibility index (Phi) is 9.01. The molecule has 0 spiro atoms. The largest absolute Gasteiger partial charge is 0.491 e. The molecule has 4 aromatic rings. The molecule has 0 aromatic heterocycles. The number of hydrogen-bond donors (Lipinski definition) is 0. The number of benzene rings is 4. The van der Waals surface area contributed by atoms with Gasteiger partial charge in [-0.3, -0.25) is 0 Å². The molecule has 4 aromatic carbocycles. The van der Waals surface area contributed by atoms with Gasteiger partial charge in [0, 0.05) is 16.7 Å². The molecule has 0 saturated carbocycles. The molecule has 4 rings (SSSR count). The van der Waals surface area contributed by atoms with Gasteiger partial charge in [-0.05, 0) is 54.2 Å². The van der Waals surface area contributed by atoms with E-state index in [1.54, 1.807) is 49.4 Å². The monoisotopic (exact) mass is 518 g/mol. The van der Waals surface area contributed by atoms with Crippen molar-refractivity contribution >= 4 is 12.2 Å². The van der Waals surface area contributed by atoms with Crippen molar-refractivity contribution in [2.24, 2.45) is 0 Å². The Bertz CT molecular complexity index is 1410. The van der Waals surface area contributed by atoms with Crippen LogP contribution in [0.5, 0.6) is 5.75 Å². The lowest BCUT2D eigenvalue weighted by Crippen LogP contribution is -1.98. The summed E-state index contributed by atoms with van der Waals surface area (Å²) in [5.74, 6) is -3.96. The quantitative estimate of drug-likeness (QED) is 0.115. The molecular weight excluding hydrogens is 488 g/mol. The molecule has 0 amide bonds. The van der Waals surface area contributed by atoms with Crippen LogP contribution in [0.25, 0.3) is 34.4 Å². The lowest BCUT2D eigenvalue weighted by Gasteiger charge is -2.09. The number of ether oxygens (including phenoxy) is 1. The van der Waals surface area contributed by atoms with E-state index in [1.165, 1.54) is 30.2 Å². The van der Waals surface area contributed by atoms with E-state index in [0.29, 0.717) is 16.7 Å². The molecule has 0 atom stereocenters. The van der Waals surface area contributed by atoms with Gasteiger partial charge >= 0.3 is 0 Å². The molecule has 0 N–H and O–H groups in total. The normalized spacial score (nSPS) is 11.3. The molecule has 0 radical (unpaired) electrons. The van der Waals surface area contributed by atoms with Gasteiger partial charge in [-0.15, -0.1) is 0 Å². The maximum Gasteiger partial charge on any atom is 0.201 e. The van der Waals surface area contributed by atoms with Crippen molar-refractivity contribution in [2.45, 2.75) is 39.5 Å². The lowest BCUT2D eigenvalue weighted by atomic mass is 9.99. The molecular formula is C33H30F4O. The van der Waals surface area contributed by atoms with Gasteiger partial charge in [-0.2, -0.15) is 4.39 Å². The molecule has 196 valence electrons. The van der Waals surface area contributed by atoms with E-state index >= 15 is 0 Å². The van der Waals surface area contributed by atoms with Crippen LogP contribution in [-0.4, -0.2) is 6.61 Å². The summed E-state index contributed by atoms with van der Waals surface area (Å²) < 4.78 is 63.6. The SMILES string of the molecule is CCCCCc1ccc(-c2ccc(C=Cc3ccc(-c4ccc(OCC)c(F)c4F)cc3)c(F)c2F)cc1. The fraction of sp³-hybridized carbons (Fsp3) is 0.212. The summed E-state index contributed by atoms with van der Waals surface area (Å²) >= 11 is 0. The van der Waals surface area contributed by atoms with Crippen molar-refractivity contribution in [1.82, 2.24) is 0 Å². The van der Waals surface area contributed by atoms with Gasteiger partial charge in [0.25, 0.3) is 0 Å². The van der Waals surface area contributed by atoms with Gasteiger partial charge in [0.05, 0.1) is 6.61 Å². The number of hydrogen-bond acceptors (Lipinski definition) is 1. The zero-order chi connectivity index (χ0) is 27.1. The summed E-state index contributed by atoms with van der Waals surface area (Å²) in [4.78, 5) is 0. The van der Waals surface area contributed by atoms with Crippen molar-refractivity contribution in [1.29, 1.82) is 0 Å². The van der Waals surface area contributed by atoms with Crippen molar-refractivity contribution < 1.29 is 22.3 Å². The van der Waals surface area contributed by atoms with E-state index in [-0.39, 0.29) is 29.0 Å². The first kappa shape index (κ1) is 27.2. The average Bonchev–Trinajstić information content (AvgIpc) is 2.93. The Morgan fingerprint density at radius 1 is 0.605 bits per heavy atom. The summed E-state index contributed by atoms with van der Waals surface area (Å²) in [6.45, 7) is 4.08. The molecule has 0 saturated heterocycles. The average molecular weight is 519 g/mol. The molecule has 0 unspecified atom stereocenters. The van der Waals surface area contributed by atoms with Crippen LogP contribution in [0, 0.1) is 23.3 Å². The first-order chi connectivity index (χ1) is 18.4. The highest BCUT2D eigenvalue weighted by Gasteiger charge is 2.16. The molecule has 0 bridgehead atoms. The maximum absolute atomic E-state index is 14.9. The number of aryl methyl sites for hydroxylation is 1. The molecule has 0 aliphatic rings. The standard InChI is InChI=1S/C33H30F4O/c1-3-5-6-7-22-8-13-24(14-9-22)27-19-18-26(30(34)31(27)35)17-12-23-10-15-25(16-11-23)28-20-21-29(38-4-2)33(37)32(28)36/h8-21H,3-7H2,1-2H3. The highest BCUT2D eigenvalue weighted by molar-refractivity contribution is 5.74. The van der Waals surface area contributed by atoms with Crippen LogP contribution >= 0.6 is 0 Å². The van der Waals surface area contributed by atoms with Crippen LogP contribution in [0.2, 0.25) is 0 Å².